The first-order valence-electron chi connectivity index (χ1n) is 6.47. The molecule has 0 heterocycles. The van der Waals surface area contributed by atoms with Crippen LogP contribution < -0.4 is 10.0 Å². The summed E-state index contributed by atoms with van der Waals surface area (Å²) in [6, 6.07) is 6.66. The third kappa shape index (κ3) is 4.70. The Bertz CT molecular complexity index is 623. The summed E-state index contributed by atoms with van der Waals surface area (Å²) >= 11 is 0. The van der Waals surface area contributed by atoms with E-state index in [1.54, 1.807) is 24.3 Å². The summed E-state index contributed by atoms with van der Waals surface area (Å²) in [5.74, 6) is 0.255. The van der Waals surface area contributed by atoms with Gasteiger partial charge >= 0.3 is 0 Å². The van der Waals surface area contributed by atoms with Crippen LogP contribution in [0.15, 0.2) is 36.4 Å². The van der Waals surface area contributed by atoms with E-state index in [4.69, 9.17) is 0 Å². The highest BCUT2D eigenvalue weighted by atomic mass is 32.2. The van der Waals surface area contributed by atoms with Crippen molar-refractivity contribution in [1.82, 2.24) is 0 Å². The minimum absolute atomic E-state index is 0.0574. The van der Waals surface area contributed by atoms with Crippen LogP contribution in [0.4, 0.5) is 11.4 Å². The van der Waals surface area contributed by atoms with Gasteiger partial charge in [0.05, 0.1) is 11.9 Å². The molecular weight excluding hydrogens is 276 g/mol. The summed E-state index contributed by atoms with van der Waals surface area (Å²) in [7, 11) is -3.31. The summed E-state index contributed by atoms with van der Waals surface area (Å²) in [6.45, 7) is 0. The summed E-state index contributed by atoms with van der Waals surface area (Å²) in [5.41, 5.74) is 1.02. The zero-order valence-corrected chi connectivity index (χ0v) is 12.1. The molecule has 2 N–H and O–H groups in total. The third-order valence-corrected chi connectivity index (χ3v) is 3.62. The van der Waals surface area contributed by atoms with Crippen molar-refractivity contribution in [2.45, 2.75) is 19.3 Å². The molecule has 0 spiro atoms. The molecule has 1 atom stereocenters. The molecule has 108 valence electrons. The lowest BCUT2D eigenvalue weighted by Gasteiger charge is -2.10. The Morgan fingerprint density at radius 2 is 2.10 bits per heavy atom. The molecular formula is C14H18N2O3S. The molecule has 0 saturated heterocycles. The van der Waals surface area contributed by atoms with E-state index in [9.17, 15) is 13.2 Å². The van der Waals surface area contributed by atoms with Crippen molar-refractivity contribution in [3.63, 3.8) is 0 Å². The van der Waals surface area contributed by atoms with Crippen LogP contribution in [0, 0.1) is 5.92 Å². The van der Waals surface area contributed by atoms with Gasteiger partial charge in [-0.2, -0.15) is 0 Å². The van der Waals surface area contributed by atoms with Crippen molar-refractivity contribution in [3.05, 3.63) is 36.4 Å². The Balaban J connectivity index is 1.96. The van der Waals surface area contributed by atoms with Crippen LogP contribution in [-0.2, 0) is 14.8 Å². The molecule has 0 aliphatic heterocycles. The molecule has 1 aliphatic rings. The van der Waals surface area contributed by atoms with Crippen molar-refractivity contribution >= 4 is 27.3 Å². The molecule has 5 nitrogen and oxygen atoms in total. The molecule has 0 unspecified atom stereocenters. The highest BCUT2D eigenvalue weighted by molar-refractivity contribution is 7.92. The van der Waals surface area contributed by atoms with E-state index in [-0.39, 0.29) is 5.91 Å². The van der Waals surface area contributed by atoms with Crippen LogP contribution in [0.2, 0.25) is 0 Å². The Labute approximate surface area is 119 Å². The number of anilines is 2. The number of rotatable bonds is 5. The van der Waals surface area contributed by atoms with Gasteiger partial charge in [0, 0.05) is 12.1 Å². The van der Waals surface area contributed by atoms with Crippen molar-refractivity contribution in [2.75, 3.05) is 16.3 Å². The van der Waals surface area contributed by atoms with Crippen molar-refractivity contribution in [1.29, 1.82) is 0 Å². The molecule has 0 saturated carbocycles. The summed E-state index contributed by atoms with van der Waals surface area (Å²) < 4.78 is 24.7. The number of hydrogen-bond donors (Lipinski definition) is 2. The number of carbonyl (C=O) groups excluding carboxylic acids is 1. The molecule has 0 fully saturated rings. The van der Waals surface area contributed by atoms with Gasteiger partial charge < -0.3 is 5.32 Å². The fourth-order valence-corrected chi connectivity index (χ4v) is 2.75. The lowest BCUT2D eigenvalue weighted by atomic mass is 10.1. The largest absolute Gasteiger partial charge is 0.326 e. The average Bonchev–Trinajstić information content (AvgIpc) is 2.79. The molecule has 1 aromatic rings. The first-order chi connectivity index (χ1) is 9.42. The number of allylic oxidation sites excluding steroid dienone is 2. The predicted octanol–water partition coefficient (Wildman–Crippen LogP) is 2.35. The highest BCUT2D eigenvalue weighted by Crippen LogP contribution is 2.22. The molecule has 1 aromatic carbocycles. The van der Waals surface area contributed by atoms with Gasteiger partial charge in [-0.15, -0.1) is 0 Å². The molecule has 1 aliphatic carbocycles. The SMILES string of the molecule is CS(=O)(=O)Nc1cccc(NC(=O)C[C@H]2C=CCC2)c1. The van der Waals surface area contributed by atoms with Crippen molar-refractivity contribution in [3.8, 4) is 0 Å². The molecule has 0 aromatic heterocycles. The van der Waals surface area contributed by atoms with Gasteiger partial charge in [-0.25, -0.2) is 8.42 Å². The van der Waals surface area contributed by atoms with Gasteiger partial charge in [-0.1, -0.05) is 18.2 Å². The topological polar surface area (TPSA) is 75.3 Å². The third-order valence-electron chi connectivity index (χ3n) is 3.01. The maximum atomic E-state index is 11.9. The first-order valence-corrected chi connectivity index (χ1v) is 8.36. The van der Waals surface area contributed by atoms with E-state index in [1.165, 1.54) is 0 Å². The molecule has 20 heavy (non-hydrogen) atoms. The smallest absolute Gasteiger partial charge is 0.229 e. The highest BCUT2D eigenvalue weighted by Gasteiger charge is 2.14. The Morgan fingerprint density at radius 3 is 2.75 bits per heavy atom. The van der Waals surface area contributed by atoms with Crippen LogP contribution in [0.3, 0.4) is 0 Å². The number of nitrogens with one attached hydrogen (secondary N) is 2. The van der Waals surface area contributed by atoms with E-state index in [0.717, 1.165) is 19.1 Å². The quantitative estimate of drug-likeness (QED) is 0.819. The molecule has 2 rings (SSSR count). The number of benzene rings is 1. The minimum Gasteiger partial charge on any atom is -0.326 e. The molecule has 6 heteroatoms. The second-order valence-electron chi connectivity index (χ2n) is 4.97. The molecule has 0 bridgehead atoms. The van der Waals surface area contributed by atoms with E-state index >= 15 is 0 Å². The minimum atomic E-state index is -3.31. The second-order valence-corrected chi connectivity index (χ2v) is 6.72. The standard InChI is InChI=1S/C14H18N2O3S/c1-20(18,19)16-13-8-4-7-12(10-13)15-14(17)9-11-5-2-3-6-11/h2,4-5,7-8,10-11,16H,3,6,9H2,1H3,(H,15,17)/t11-/m0/s1. The zero-order chi connectivity index (χ0) is 14.6. The van der Waals surface area contributed by atoms with E-state index in [1.807, 2.05) is 0 Å². The van der Waals surface area contributed by atoms with E-state index < -0.39 is 10.0 Å². The lowest BCUT2D eigenvalue weighted by molar-refractivity contribution is -0.116. The van der Waals surface area contributed by atoms with Crippen LogP contribution in [0.5, 0.6) is 0 Å². The van der Waals surface area contributed by atoms with Crippen molar-refractivity contribution < 1.29 is 13.2 Å². The summed E-state index contributed by atoms with van der Waals surface area (Å²) in [6.07, 6.45) is 7.76. The number of carbonyl (C=O) groups is 1. The van der Waals surface area contributed by atoms with Gasteiger partial charge in [0.15, 0.2) is 0 Å². The van der Waals surface area contributed by atoms with Crippen LogP contribution >= 0.6 is 0 Å². The zero-order valence-electron chi connectivity index (χ0n) is 11.3. The maximum Gasteiger partial charge on any atom is 0.229 e. The number of sulfonamides is 1. The van der Waals surface area contributed by atoms with Gasteiger partial charge in [0.1, 0.15) is 0 Å². The molecule has 0 radical (unpaired) electrons. The second kappa shape index (κ2) is 6.09. The fourth-order valence-electron chi connectivity index (χ4n) is 2.19. The average molecular weight is 294 g/mol. The lowest BCUT2D eigenvalue weighted by Crippen LogP contribution is -2.15. The van der Waals surface area contributed by atoms with Crippen LogP contribution in [0.1, 0.15) is 19.3 Å². The first kappa shape index (κ1) is 14.6. The number of hydrogen-bond acceptors (Lipinski definition) is 3. The van der Waals surface area contributed by atoms with Gasteiger partial charge in [0.2, 0.25) is 15.9 Å². The van der Waals surface area contributed by atoms with E-state index in [0.29, 0.717) is 23.7 Å². The van der Waals surface area contributed by atoms with Crippen molar-refractivity contribution in [2.24, 2.45) is 5.92 Å². The summed E-state index contributed by atoms with van der Waals surface area (Å²) in [4.78, 5) is 11.9. The predicted molar refractivity (Wildman–Crippen MR) is 80.0 cm³/mol. The molecule has 1 amide bonds. The normalized spacial score (nSPS) is 17.9. The van der Waals surface area contributed by atoms with Crippen LogP contribution in [0.25, 0.3) is 0 Å². The maximum absolute atomic E-state index is 11.9. The Kier molecular flexibility index (Phi) is 4.44. The Hall–Kier alpha value is -1.82. The van der Waals surface area contributed by atoms with E-state index in [2.05, 4.69) is 22.2 Å². The van der Waals surface area contributed by atoms with Crippen LogP contribution in [-0.4, -0.2) is 20.6 Å². The monoisotopic (exact) mass is 294 g/mol. The van der Waals surface area contributed by atoms with Gasteiger partial charge in [-0.3, -0.25) is 9.52 Å². The van der Waals surface area contributed by atoms with Gasteiger partial charge in [-0.05, 0) is 37.0 Å². The fraction of sp³-hybridized carbons (Fsp3) is 0.357. The number of amides is 1. The summed E-state index contributed by atoms with van der Waals surface area (Å²) in [5, 5.41) is 2.79. The Morgan fingerprint density at radius 1 is 1.35 bits per heavy atom. The van der Waals surface area contributed by atoms with Gasteiger partial charge in [0.25, 0.3) is 0 Å².